The van der Waals surface area contributed by atoms with E-state index in [0.717, 1.165) is 64.6 Å². The molecule has 2 aliphatic heterocycles. The summed E-state index contributed by atoms with van der Waals surface area (Å²) in [4.78, 5) is 13.5. The summed E-state index contributed by atoms with van der Waals surface area (Å²) in [7, 11) is 0. The van der Waals surface area contributed by atoms with Gasteiger partial charge in [-0.3, -0.25) is 4.79 Å². The number of hydrogen-bond acceptors (Lipinski definition) is 10. The Balaban J connectivity index is 1.60. The Kier molecular flexibility index (Phi) is 13.9. The van der Waals surface area contributed by atoms with E-state index >= 15 is 0 Å². The predicted octanol–water partition coefficient (Wildman–Crippen LogP) is -0.558. The van der Waals surface area contributed by atoms with Gasteiger partial charge in [-0.1, -0.05) is 38.5 Å². The van der Waals surface area contributed by atoms with Crippen molar-refractivity contribution in [2.75, 3.05) is 32.8 Å². The third-order valence-electron chi connectivity index (χ3n) is 7.09. The molecule has 0 radical (unpaired) electrons. The van der Waals surface area contributed by atoms with Crippen LogP contribution in [0, 0.1) is 5.92 Å². The predicted molar refractivity (Wildman–Crippen MR) is 125 cm³/mol. The molecule has 7 N–H and O–H groups in total. The van der Waals surface area contributed by atoms with E-state index in [4.69, 9.17) is 9.47 Å². The second kappa shape index (κ2) is 16.1. The first-order valence-electron chi connectivity index (χ1n) is 13.0. The topological polar surface area (TPSA) is 180 Å². The monoisotopic (exact) mass is 507 g/mol. The van der Waals surface area contributed by atoms with Crippen LogP contribution in [0.3, 0.4) is 0 Å². The van der Waals surface area contributed by atoms with E-state index in [9.17, 15) is 40.5 Å². The number of nitrogens with zero attached hydrogens (tertiary/aromatic N) is 1. The Hall–Kier alpha value is -0.890. The van der Waals surface area contributed by atoms with Gasteiger partial charge in [0.25, 0.3) is 0 Å². The highest BCUT2D eigenvalue weighted by Gasteiger charge is 2.44. The molecule has 0 unspecified atom stereocenters. The maximum atomic E-state index is 11.2. The number of rotatable bonds is 16. The van der Waals surface area contributed by atoms with Crippen molar-refractivity contribution >= 4 is 5.97 Å². The quantitative estimate of drug-likeness (QED) is 0.133. The lowest BCUT2D eigenvalue weighted by molar-refractivity contribution is -0.311. The van der Waals surface area contributed by atoms with Crippen LogP contribution in [-0.4, -0.2) is 122 Å². The number of hydrogen-bond donors (Lipinski definition) is 7. The molecule has 0 saturated carbocycles. The Morgan fingerprint density at radius 3 is 2.20 bits per heavy atom. The molecule has 0 aromatic rings. The van der Waals surface area contributed by atoms with Gasteiger partial charge in [0.1, 0.15) is 24.4 Å². The summed E-state index contributed by atoms with van der Waals surface area (Å²) in [6.07, 6.45) is -0.183. The Labute approximate surface area is 207 Å². The first-order valence-corrected chi connectivity index (χ1v) is 13.0. The second-order valence-corrected chi connectivity index (χ2v) is 9.92. The standard InChI is InChI=1S/C24H45NO10/c26-14-16-13-25(11-9-18(16)28)10-7-5-3-1-2-4-6-8-17(12-20(29)30)34-24-23(33)22(32)21(31)19(15-27)35-24/h16-19,21-24,26-28,31-33H,1-15H2,(H,29,30)/t16-,17+,18+,19+,21+,22-,23+,24+/m0/s1. The molecule has 2 aliphatic rings. The van der Waals surface area contributed by atoms with Gasteiger partial charge in [0.05, 0.1) is 25.2 Å². The lowest BCUT2D eigenvalue weighted by Crippen LogP contribution is -2.59. The van der Waals surface area contributed by atoms with Crippen LogP contribution < -0.4 is 0 Å². The molecule has 0 spiro atoms. The molecule has 8 atom stereocenters. The molecular formula is C24H45NO10. The van der Waals surface area contributed by atoms with Crippen molar-refractivity contribution in [3.8, 4) is 0 Å². The summed E-state index contributed by atoms with van der Waals surface area (Å²) in [6.45, 7) is 2.06. The average Bonchev–Trinajstić information content (AvgIpc) is 2.83. The van der Waals surface area contributed by atoms with Gasteiger partial charge >= 0.3 is 5.97 Å². The minimum atomic E-state index is -1.56. The van der Waals surface area contributed by atoms with E-state index in [1.165, 1.54) is 0 Å². The SMILES string of the molecule is O=C(O)C[C@@H](CCCCCCCCCN1CC[C@@H](O)[C@H](CO)C1)O[C@@H]1O[C@H](CO)[C@@H](O)[C@H](O)[C@H]1O. The molecule has 0 aromatic carbocycles. The van der Waals surface area contributed by atoms with Crippen molar-refractivity contribution in [2.45, 2.75) is 107 Å². The van der Waals surface area contributed by atoms with Gasteiger partial charge in [-0.25, -0.2) is 0 Å². The Morgan fingerprint density at radius 2 is 1.57 bits per heavy atom. The molecule has 0 aliphatic carbocycles. The van der Waals surface area contributed by atoms with Crippen LogP contribution >= 0.6 is 0 Å². The maximum absolute atomic E-state index is 11.2. The summed E-state index contributed by atoms with van der Waals surface area (Å²) in [5.74, 6) is -1.09. The van der Waals surface area contributed by atoms with E-state index in [0.29, 0.717) is 12.8 Å². The molecule has 2 heterocycles. The molecule has 11 nitrogen and oxygen atoms in total. The van der Waals surface area contributed by atoms with Crippen LogP contribution in [0.15, 0.2) is 0 Å². The van der Waals surface area contributed by atoms with Crippen molar-refractivity contribution in [2.24, 2.45) is 5.92 Å². The third-order valence-corrected chi connectivity index (χ3v) is 7.09. The normalized spacial score (nSPS) is 33.0. The number of carboxylic acids is 1. The molecule has 2 saturated heterocycles. The highest BCUT2D eigenvalue weighted by Crippen LogP contribution is 2.25. The summed E-state index contributed by atoms with van der Waals surface area (Å²) < 4.78 is 11.0. The molecule has 35 heavy (non-hydrogen) atoms. The van der Waals surface area contributed by atoms with Gasteiger partial charge < -0.3 is 50.1 Å². The molecule has 0 bridgehead atoms. The number of aliphatic hydroxyl groups is 6. The van der Waals surface area contributed by atoms with E-state index in [1.807, 2.05) is 0 Å². The minimum absolute atomic E-state index is 0.0263. The third kappa shape index (κ3) is 10.2. The minimum Gasteiger partial charge on any atom is -0.481 e. The zero-order valence-electron chi connectivity index (χ0n) is 20.5. The molecule has 206 valence electrons. The van der Waals surface area contributed by atoms with Crippen molar-refractivity contribution in [3.05, 3.63) is 0 Å². The van der Waals surface area contributed by atoms with E-state index in [1.54, 1.807) is 0 Å². The number of carbonyl (C=O) groups is 1. The van der Waals surface area contributed by atoms with Crippen LogP contribution in [0.25, 0.3) is 0 Å². The van der Waals surface area contributed by atoms with Crippen LogP contribution in [0.5, 0.6) is 0 Å². The Morgan fingerprint density at radius 1 is 0.914 bits per heavy atom. The highest BCUT2D eigenvalue weighted by molar-refractivity contribution is 5.67. The first-order chi connectivity index (χ1) is 16.8. The number of carboxylic acid groups (broad SMARTS) is 1. The molecule has 0 amide bonds. The van der Waals surface area contributed by atoms with Gasteiger partial charge in [-0.2, -0.15) is 0 Å². The number of piperidine rings is 1. The lowest BCUT2D eigenvalue weighted by Gasteiger charge is -2.40. The number of aliphatic carboxylic acids is 1. The summed E-state index contributed by atoms with van der Waals surface area (Å²) in [5.41, 5.74) is 0. The summed E-state index contributed by atoms with van der Waals surface area (Å²) >= 11 is 0. The molecule has 11 heteroatoms. The van der Waals surface area contributed by atoms with Crippen molar-refractivity contribution in [1.82, 2.24) is 4.90 Å². The zero-order valence-corrected chi connectivity index (χ0v) is 20.5. The Bertz CT molecular complexity index is 595. The van der Waals surface area contributed by atoms with Crippen LogP contribution in [-0.2, 0) is 14.3 Å². The smallest absolute Gasteiger partial charge is 0.305 e. The maximum Gasteiger partial charge on any atom is 0.305 e. The van der Waals surface area contributed by atoms with E-state index in [2.05, 4.69) is 4.90 Å². The van der Waals surface area contributed by atoms with Crippen LogP contribution in [0.2, 0.25) is 0 Å². The zero-order chi connectivity index (χ0) is 25.8. The first kappa shape index (κ1) is 30.3. The number of ether oxygens (including phenoxy) is 2. The number of aliphatic hydroxyl groups excluding tert-OH is 6. The van der Waals surface area contributed by atoms with Crippen molar-refractivity contribution in [3.63, 3.8) is 0 Å². The van der Waals surface area contributed by atoms with Gasteiger partial charge in [0.2, 0.25) is 0 Å². The molecule has 2 rings (SSSR count). The fraction of sp³-hybridized carbons (Fsp3) is 0.958. The van der Waals surface area contributed by atoms with Gasteiger partial charge in [0.15, 0.2) is 6.29 Å². The summed E-state index contributed by atoms with van der Waals surface area (Å²) in [5, 5.41) is 67.5. The summed E-state index contributed by atoms with van der Waals surface area (Å²) in [6, 6.07) is 0. The van der Waals surface area contributed by atoms with Crippen molar-refractivity contribution in [1.29, 1.82) is 0 Å². The highest BCUT2D eigenvalue weighted by atomic mass is 16.7. The van der Waals surface area contributed by atoms with Crippen LogP contribution in [0.1, 0.15) is 64.2 Å². The second-order valence-electron chi connectivity index (χ2n) is 9.92. The average molecular weight is 508 g/mol. The molecule has 2 fully saturated rings. The van der Waals surface area contributed by atoms with Gasteiger partial charge in [-0.15, -0.1) is 0 Å². The molecular weight excluding hydrogens is 462 g/mol. The van der Waals surface area contributed by atoms with Gasteiger partial charge in [0, 0.05) is 25.6 Å². The van der Waals surface area contributed by atoms with Crippen LogP contribution in [0.4, 0.5) is 0 Å². The fourth-order valence-electron chi connectivity index (χ4n) is 4.85. The lowest BCUT2D eigenvalue weighted by atomic mass is 9.95. The van der Waals surface area contributed by atoms with E-state index in [-0.39, 0.29) is 18.9 Å². The molecule has 0 aromatic heterocycles. The largest absolute Gasteiger partial charge is 0.481 e. The van der Waals surface area contributed by atoms with Crippen molar-refractivity contribution < 1.29 is 50.0 Å². The number of likely N-dealkylation sites (tertiary alicyclic amines) is 1. The van der Waals surface area contributed by atoms with Gasteiger partial charge in [-0.05, 0) is 25.8 Å². The van der Waals surface area contributed by atoms with E-state index < -0.39 is 55.5 Å². The number of unbranched alkanes of at least 4 members (excludes halogenated alkanes) is 6. The fourth-order valence-corrected chi connectivity index (χ4v) is 4.85.